The average molecular weight is 451 g/mol. The Morgan fingerprint density at radius 2 is 1.75 bits per heavy atom. The van der Waals surface area contributed by atoms with Crippen LogP contribution in [0.5, 0.6) is 0 Å². The first-order valence-corrected chi connectivity index (χ1v) is 11.3. The minimum atomic E-state index is -0.930. The van der Waals surface area contributed by atoms with E-state index in [4.69, 9.17) is 0 Å². The molecule has 0 fully saturated rings. The van der Waals surface area contributed by atoms with Crippen LogP contribution in [0, 0.1) is 5.92 Å². The predicted octanol–water partition coefficient (Wildman–Crippen LogP) is 3.03. The van der Waals surface area contributed by atoms with Gasteiger partial charge in [0.15, 0.2) is 0 Å². The van der Waals surface area contributed by atoms with Gasteiger partial charge in [0, 0.05) is 5.69 Å². The molecule has 2 aromatic carbocycles. The molecular formula is C22H22N6O3S. The molecule has 1 N–H and O–H groups in total. The number of anilines is 1. The molecule has 0 radical (unpaired) electrons. The van der Waals surface area contributed by atoms with Gasteiger partial charge in [-0.15, -0.1) is 5.10 Å². The zero-order chi connectivity index (χ0) is 22.8. The van der Waals surface area contributed by atoms with Gasteiger partial charge in [0.1, 0.15) is 6.04 Å². The zero-order valence-corrected chi connectivity index (χ0v) is 18.7. The Labute approximate surface area is 189 Å². The molecule has 1 aliphatic rings. The lowest BCUT2D eigenvalue weighted by molar-refractivity contribution is -0.120. The Hall–Kier alpha value is -3.53. The third-order valence-corrected chi connectivity index (χ3v) is 5.74. The summed E-state index contributed by atoms with van der Waals surface area (Å²) < 4.78 is 1.57. The van der Waals surface area contributed by atoms with Gasteiger partial charge >= 0.3 is 0 Å². The van der Waals surface area contributed by atoms with Crippen LogP contribution in [0.15, 0.2) is 53.7 Å². The molecule has 0 aliphatic carbocycles. The first-order valence-electron chi connectivity index (χ1n) is 10.1. The Balaban J connectivity index is 1.61. The Kier molecular flexibility index (Phi) is 6.04. The van der Waals surface area contributed by atoms with Crippen molar-refractivity contribution in [2.75, 3.05) is 11.6 Å². The summed E-state index contributed by atoms with van der Waals surface area (Å²) >= 11 is 1.40. The van der Waals surface area contributed by atoms with Gasteiger partial charge in [-0.2, -0.15) is 4.68 Å². The second-order valence-corrected chi connectivity index (χ2v) is 8.56. The number of tetrazole rings is 1. The SMILES string of the molecule is CSc1nnnn1-c1cccc(NC(=O)C(CC(C)C)N2C(=O)c3ccccc3C2=O)c1. The van der Waals surface area contributed by atoms with Crippen LogP contribution < -0.4 is 5.32 Å². The van der Waals surface area contributed by atoms with Crippen LogP contribution in [0.1, 0.15) is 41.0 Å². The number of nitrogens with zero attached hydrogens (tertiary/aromatic N) is 5. The molecule has 9 nitrogen and oxygen atoms in total. The quantitative estimate of drug-likeness (QED) is 0.435. The van der Waals surface area contributed by atoms with E-state index in [2.05, 4.69) is 20.8 Å². The van der Waals surface area contributed by atoms with Crippen LogP contribution in [0.3, 0.4) is 0 Å². The minimum Gasteiger partial charge on any atom is -0.324 e. The molecule has 0 spiro atoms. The van der Waals surface area contributed by atoms with Gasteiger partial charge < -0.3 is 5.32 Å². The van der Waals surface area contributed by atoms with Crippen molar-refractivity contribution in [3.05, 3.63) is 59.7 Å². The number of hydrogen-bond donors (Lipinski definition) is 1. The van der Waals surface area contributed by atoms with Crippen molar-refractivity contribution in [2.24, 2.45) is 5.92 Å². The van der Waals surface area contributed by atoms with Gasteiger partial charge in [0.2, 0.25) is 11.1 Å². The molecule has 0 bridgehead atoms. The van der Waals surface area contributed by atoms with E-state index in [-0.39, 0.29) is 5.92 Å². The molecule has 10 heteroatoms. The molecule has 0 saturated carbocycles. The highest BCUT2D eigenvalue weighted by Gasteiger charge is 2.42. The highest BCUT2D eigenvalue weighted by molar-refractivity contribution is 7.98. The highest BCUT2D eigenvalue weighted by atomic mass is 32.2. The number of nitrogens with one attached hydrogen (secondary N) is 1. The second-order valence-electron chi connectivity index (χ2n) is 7.79. The molecule has 32 heavy (non-hydrogen) atoms. The molecular weight excluding hydrogens is 428 g/mol. The Morgan fingerprint density at radius 3 is 2.38 bits per heavy atom. The average Bonchev–Trinajstić information content (AvgIpc) is 3.36. The topological polar surface area (TPSA) is 110 Å². The lowest BCUT2D eigenvalue weighted by Gasteiger charge is -2.26. The van der Waals surface area contributed by atoms with Gasteiger partial charge in [0.05, 0.1) is 16.8 Å². The predicted molar refractivity (Wildman–Crippen MR) is 120 cm³/mol. The van der Waals surface area contributed by atoms with Gasteiger partial charge in [0.25, 0.3) is 11.8 Å². The maximum Gasteiger partial charge on any atom is 0.262 e. The number of hydrogen-bond acceptors (Lipinski definition) is 7. The molecule has 1 unspecified atom stereocenters. The van der Waals surface area contributed by atoms with Crippen LogP contribution in [-0.4, -0.2) is 55.1 Å². The monoisotopic (exact) mass is 450 g/mol. The lowest BCUT2D eigenvalue weighted by atomic mass is 10.0. The molecule has 3 amide bonds. The highest BCUT2D eigenvalue weighted by Crippen LogP contribution is 2.28. The van der Waals surface area contributed by atoms with Gasteiger partial charge in [-0.05, 0) is 59.4 Å². The van der Waals surface area contributed by atoms with Crippen molar-refractivity contribution in [3.63, 3.8) is 0 Å². The molecule has 1 aliphatic heterocycles. The third-order valence-electron chi connectivity index (χ3n) is 5.12. The summed E-state index contributed by atoms with van der Waals surface area (Å²) in [6.45, 7) is 3.89. The van der Waals surface area contributed by atoms with E-state index >= 15 is 0 Å². The van der Waals surface area contributed by atoms with Crippen LogP contribution in [-0.2, 0) is 4.79 Å². The zero-order valence-electron chi connectivity index (χ0n) is 17.8. The number of imide groups is 1. The molecule has 164 valence electrons. The summed E-state index contributed by atoms with van der Waals surface area (Å²) in [6.07, 6.45) is 2.22. The fraction of sp³-hybridized carbons (Fsp3) is 0.273. The van der Waals surface area contributed by atoms with Crippen LogP contribution in [0.4, 0.5) is 5.69 Å². The standard InChI is InChI=1S/C22H22N6O3S/c1-13(2)11-18(27-20(30)16-9-4-5-10-17(16)21(27)31)19(29)23-14-7-6-8-15(12-14)28-22(32-3)24-25-26-28/h4-10,12-13,18H,11H2,1-3H3,(H,23,29). The van der Waals surface area contributed by atoms with E-state index in [0.717, 1.165) is 4.90 Å². The first kappa shape index (κ1) is 21.7. The van der Waals surface area contributed by atoms with Crippen molar-refractivity contribution in [1.29, 1.82) is 0 Å². The molecule has 0 saturated heterocycles. The number of aromatic nitrogens is 4. The molecule has 3 aromatic rings. The lowest BCUT2D eigenvalue weighted by Crippen LogP contribution is -2.47. The Morgan fingerprint density at radius 1 is 1.06 bits per heavy atom. The van der Waals surface area contributed by atoms with E-state index in [9.17, 15) is 14.4 Å². The summed E-state index contributed by atoms with van der Waals surface area (Å²) in [4.78, 5) is 40.3. The first-order chi connectivity index (χ1) is 15.4. The van der Waals surface area contributed by atoms with E-state index in [1.807, 2.05) is 26.2 Å². The maximum absolute atomic E-state index is 13.3. The normalized spacial score (nSPS) is 14.1. The third kappa shape index (κ3) is 4.01. The van der Waals surface area contributed by atoms with Crippen LogP contribution in [0.25, 0.3) is 5.69 Å². The summed E-state index contributed by atoms with van der Waals surface area (Å²) in [6, 6.07) is 12.8. The van der Waals surface area contributed by atoms with Gasteiger partial charge in [-0.1, -0.05) is 43.8 Å². The molecule has 1 atom stereocenters. The second kappa shape index (κ2) is 8.91. The number of benzene rings is 2. The summed E-state index contributed by atoms with van der Waals surface area (Å²) in [5, 5.41) is 15.1. The number of thioether (sulfide) groups is 1. The number of carbonyl (C=O) groups is 3. The van der Waals surface area contributed by atoms with Crippen molar-refractivity contribution < 1.29 is 14.4 Å². The summed E-state index contributed by atoms with van der Waals surface area (Å²) in [7, 11) is 0. The van der Waals surface area contributed by atoms with Crippen molar-refractivity contribution in [2.45, 2.75) is 31.5 Å². The van der Waals surface area contributed by atoms with E-state index in [0.29, 0.717) is 34.1 Å². The van der Waals surface area contributed by atoms with Crippen molar-refractivity contribution in [3.8, 4) is 5.69 Å². The van der Waals surface area contributed by atoms with Gasteiger partial charge in [-0.3, -0.25) is 19.3 Å². The van der Waals surface area contributed by atoms with Crippen LogP contribution in [0.2, 0.25) is 0 Å². The number of carbonyl (C=O) groups excluding carboxylic acids is 3. The number of amides is 3. The van der Waals surface area contributed by atoms with E-state index in [1.165, 1.54) is 11.8 Å². The van der Waals surface area contributed by atoms with Gasteiger partial charge in [-0.25, -0.2) is 0 Å². The van der Waals surface area contributed by atoms with Crippen molar-refractivity contribution in [1.82, 2.24) is 25.1 Å². The smallest absolute Gasteiger partial charge is 0.262 e. The van der Waals surface area contributed by atoms with E-state index in [1.54, 1.807) is 47.1 Å². The van der Waals surface area contributed by atoms with Crippen molar-refractivity contribution >= 4 is 35.2 Å². The van der Waals surface area contributed by atoms with E-state index < -0.39 is 23.8 Å². The fourth-order valence-electron chi connectivity index (χ4n) is 3.68. The molecule has 2 heterocycles. The summed E-state index contributed by atoms with van der Waals surface area (Å²) in [5.41, 5.74) is 1.84. The number of fused-ring (bicyclic) bond motifs is 1. The summed E-state index contributed by atoms with van der Waals surface area (Å²) in [5.74, 6) is -1.23. The largest absolute Gasteiger partial charge is 0.324 e. The maximum atomic E-state index is 13.3. The number of rotatable bonds is 7. The van der Waals surface area contributed by atoms with Crippen LogP contribution >= 0.6 is 11.8 Å². The fourth-order valence-corrected chi connectivity index (χ4v) is 4.11. The molecule has 1 aromatic heterocycles. The molecule has 4 rings (SSSR count). The minimum absolute atomic E-state index is 0.0896. The Bertz CT molecular complexity index is 1160.